The molecule has 4 nitrogen and oxygen atoms in total. The minimum Gasteiger partial charge on any atom is -0.497 e. The quantitative estimate of drug-likeness (QED) is 0.902. The van der Waals surface area contributed by atoms with Gasteiger partial charge < -0.3 is 15.4 Å². The number of methoxy groups -OCH3 is 1. The van der Waals surface area contributed by atoms with Crippen LogP contribution in [0.4, 0.5) is 5.69 Å². The lowest BCUT2D eigenvalue weighted by Crippen LogP contribution is -2.51. The van der Waals surface area contributed by atoms with Gasteiger partial charge in [0, 0.05) is 12.2 Å². The van der Waals surface area contributed by atoms with Gasteiger partial charge in [-0.3, -0.25) is 4.79 Å². The standard InChI is InChI=1S/C16H24N2O2/c1-16(2,3)14(17)15(19)18-9-5-6-11-10-12(20-4)7-8-13(11)18/h7-8,10,14H,5-6,9,17H2,1-4H3/t14-/m1/s1. The minimum atomic E-state index is -0.490. The Morgan fingerprint density at radius 2 is 2.10 bits per heavy atom. The van der Waals surface area contributed by atoms with Gasteiger partial charge >= 0.3 is 0 Å². The van der Waals surface area contributed by atoms with Crippen molar-refractivity contribution in [3.8, 4) is 5.75 Å². The lowest BCUT2D eigenvalue weighted by atomic mass is 9.86. The van der Waals surface area contributed by atoms with Crippen molar-refractivity contribution in [2.45, 2.75) is 39.7 Å². The summed E-state index contributed by atoms with van der Waals surface area (Å²) in [4.78, 5) is 14.5. The minimum absolute atomic E-state index is 0.00335. The first kappa shape index (κ1) is 14.9. The topological polar surface area (TPSA) is 55.6 Å². The molecule has 0 spiro atoms. The summed E-state index contributed by atoms with van der Waals surface area (Å²) in [5, 5.41) is 0. The Bertz CT molecular complexity index is 506. The van der Waals surface area contributed by atoms with E-state index in [4.69, 9.17) is 10.5 Å². The predicted molar refractivity (Wildman–Crippen MR) is 81.1 cm³/mol. The normalized spacial score (nSPS) is 16.6. The van der Waals surface area contributed by atoms with Gasteiger partial charge in [0.2, 0.25) is 5.91 Å². The van der Waals surface area contributed by atoms with Crippen LogP contribution in [0.15, 0.2) is 18.2 Å². The number of hydrogen-bond donors (Lipinski definition) is 1. The number of carbonyl (C=O) groups is 1. The smallest absolute Gasteiger partial charge is 0.244 e. The zero-order valence-corrected chi connectivity index (χ0v) is 12.8. The van der Waals surface area contributed by atoms with Gasteiger partial charge in [0.1, 0.15) is 5.75 Å². The molecule has 0 radical (unpaired) electrons. The number of hydrogen-bond acceptors (Lipinski definition) is 3. The van der Waals surface area contributed by atoms with Crippen LogP contribution in [0.3, 0.4) is 0 Å². The molecular formula is C16H24N2O2. The van der Waals surface area contributed by atoms with Crippen LogP contribution in [0.1, 0.15) is 32.8 Å². The molecule has 0 fully saturated rings. The van der Waals surface area contributed by atoms with Crippen molar-refractivity contribution in [3.63, 3.8) is 0 Å². The van der Waals surface area contributed by atoms with Crippen LogP contribution in [0.25, 0.3) is 0 Å². The van der Waals surface area contributed by atoms with Crippen molar-refractivity contribution in [3.05, 3.63) is 23.8 Å². The number of aryl methyl sites for hydroxylation is 1. The second-order valence-corrected chi connectivity index (χ2v) is 6.43. The highest BCUT2D eigenvalue weighted by Gasteiger charge is 2.33. The number of ether oxygens (including phenoxy) is 1. The van der Waals surface area contributed by atoms with Crippen molar-refractivity contribution < 1.29 is 9.53 Å². The zero-order valence-electron chi connectivity index (χ0n) is 12.8. The van der Waals surface area contributed by atoms with E-state index in [1.807, 2.05) is 43.9 Å². The van der Waals surface area contributed by atoms with Crippen molar-refractivity contribution in [1.29, 1.82) is 0 Å². The fraction of sp³-hybridized carbons (Fsp3) is 0.562. The first-order valence-corrected chi connectivity index (χ1v) is 7.08. The molecule has 0 saturated carbocycles. The van der Waals surface area contributed by atoms with Crippen LogP contribution in [0.2, 0.25) is 0 Å². The molecule has 2 rings (SSSR count). The molecule has 0 aliphatic carbocycles. The van der Waals surface area contributed by atoms with Crippen LogP contribution in [-0.4, -0.2) is 25.6 Å². The summed E-state index contributed by atoms with van der Waals surface area (Å²) < 4.78 is 5.25. The monoisotopic (exact) mass is 276 g/mol. The van der Waals surface area contributed by atoms with E-state index >= 15 is 0 Å². The Labute approximate surface area is 120 Å². The molecule has 4 heteroatoms. The van der Waals surface area contributed by atoms with Gasteiger partial charge in [-0.25, -0.2) is 0 Å². The molecule has 110 valence electrons. The van der Waals surface area contributed by atoms with Crippen LogP contribution in [0.5, 0.6) is 5.75 Å². The number of benzene rings is 1. The van der Waals surface area contributed by atoms with Gasteiger partial charge in [0.15, 0.2) is 0 Å². The summed E-state index contributed by atoms with van der Waals surface area (Å²) in [5.41, 5.74) is 8.02. The molecule has 2 N–H and O–H groups in total. The number of nitrogens with zero attached hydrogens (tertiary/aromatic N) is 1. The molecule has 0 unspecified atom stereocenters. The summed E-state index contributed by atoms with van der Waals surface area (Å²) >= 11 is 0. The third-order valence-electron chi connectivity index (χ3n) is 3.87. The molecule has 0 bridgehead atoms. The second-order valence-electron chi connectivity index (χ2n) is 6.43. The third kappa shape index (κ3) is 2.80. The summed E-state index contributed by atoms with van der Waals surface area (Å²) in [6, 6.07) is 5.38. The molecular weight excluding hydrogens is 252 g/mol. The Kier molecular flexibility index (Phi) is 4.04. The molecule has 1 aliphatic heterocycles. The first-order valence-electron chi connectivity index (χ1n) is 7.08. The van der Waals surface area contributed by atoms with E-state index in [0.29, 0.717) is 0 Å². The van der Waals surface area contributed by atoms with Gasteiger partial charge in [0.05, 0.1) is 13.2 Å². The van der Waals surface area contributed by atoms with E-state index < -0.39 is 6.04 Å². The fourth-order valence-electron chi connectivity index (χ4n) is 2.47. The van der Waals surface area contributed by atoms with Crippen molar-refractivity contribution >= 4 is 11.6 Å². The average Bonchev–Trinajstić information content (AvgIpc) is 2.43. The lowest BCUT2D eigenvalue weighted by molar-refractivity contribution is -0.122. The van der Waals surface area contributed by atoms with Crippen LogP contribution in [-0.2, 0) is 11.2 Å². The fourth-order valence-corrected chi connectivity index (χ4v) is 2.47. The van der Waals surface area contributed by atoms with Crippen LogP contribution >= 0.6 is 0 Å². The molecule has 0 saturated heterocycles. The van der Waals surface area contributed by atoms with Gasteiger partial charge in [-0.15, -0.1) is 0 Å². The number of rotatable bonds is 2. The summed E-state index contributed by atoms with van der Waals surface area (Å²) in [6.07, 6.45) is 1.93. The van der Waals surface area contributed by atoms with E-state index in [1.165, 1.54) is 0 Å². The first-order chi connectivity index (χ1) is 9.34. The number of fused-ring (bicyclic) bond motifs is 1. The Morgan fingerprint density at radius 1 is 1.40 bits per heavy atom. The Hall–Kier alpha value is -1.55. The Balaban J connectivity index is 2.31. The largest absolute Gasteiger partial charge is 0.497 e. The number of amides is 1. The summed E-state index contributed by atoms with van der Waals surface area (Å²) in [5.74, 6) is 0.835. The molecule has 1 amide bonds. The SMILES string of the molecule is COc1ccc2c(c1)CCCN2C(=O)[C@@H](N)C(C)(C)C. The van der Waals surface area contributed by atoms with Gasteiger partial charge in [-0.2, -0.15) is 0 Å². The number of anilines is 1. The number of carbonyl (C=O) groups excluding carboxylic acids is 1. The van der Waals surface area contributed by atoms with Crippen molar-refractivity contribution in [1.82, 2.24) is 0 Å². The summed E-state index contributed by atoms with van der Waals surface area (Å²) in [7, 11) is 1.66. The van der Waals surface area contributed by atoms with E-state index in [9.17, 15) is 4.79 Å². The molecule has 1 heterocycles. The number of nitrogens with two attached hydrogens (primary N) is 1. The Morgan fingerprint density at radius 3 is 2.70 bits per heavy atom. The van der Waals surface area contributed by atoms with Crippen molar-refractivity contribution in [2.24, 2.45) is 11.1 Å². The van der Waals surface area contributed by atoms with E-state index in [0.717, 1.165) is 36.4 Å². The molecule has 0 aromatic heterocycles. The van der Waals surface area contributed by atoms with E-state index in [2.05, 4.69) is 0 Å². The van der Waals surface area contributed by atoms with Crippen LogP contribution < -0.4 is 15.4 Å². The van der Waals surface area contributed by atoms with Crippen molar-refractivity contribution in [2.75, 3.05) is 18.6 Å². The molecule has 1 atom stereocenters. The zero-order chi connectivity index (χ0) is 14.9. The molecule has 1 aromatic rings. The molecule has 1 aliphatic rings. The van der Waals surface area contributed by atoms with Gasteiger partial charge in [-0.1, -0.05) is 20.8 Å². The molecule has 1 aromatic carbocycles. The van der Waals surface area contributed by atoms with E-state index in [1.54, 1.807) is 7.11 Å². The second kappa shape index (κ2) is 5.44. The van der Waals surface area contributed by atoms with E-state index in [-0.39, 0.29) is 11.3 Å². The third-order valence-corrected chi connectivity index (χ3v) is 3.87. The highest BCUT2D eigenvalue weighted by molar-refractivity contribution is 5.98. The average molecular weight is 276 g/mol. The summed E-state index contributed by atoms with van der Waals surface area (Å²) in [6.45, 7) is 6.72. The maximum atomic E-state index is 12.6. The van der Waals surface area contributed by atoms with Crippen LogP contribution in [0, 0.1) is 5.41 Å². The van der Waals surface area contributed by atoms with Gasteiger partial charge in [0.25, 0.3) is 0 Å². The lowest BCUT2D eigenvalue weighted by Gasteiger charge is -2.35. The predicted octanol–water partition coefficient (Wildman–Crippen LogP) is 2.35. The molecule has 20 heavy (non-hydrogen) atoms. The highest BCUT2D eigenvalue weighted by atomic mass is 16.5. The maximum Gasteiger partial charge on any atom is 0.244 e. The maximum absolute atomic E-state index is 12.6. The van der Waals surface area contributed by atoms with Gasteiger partial charge in [-0.05, 0) is 42.0 Å². The highest BCUT2D eigenvalue weighted by Crippen LogP contribution is 2.32.